The number of benzene rings is 2. The van der Waals surface area contributed by atoms with Gasteiger partial charge in [0.05, 0.1) is 23.1 Å². The van der Waals surface area contributed by atoms with Gasteiger partial charge < -0.3 is 14.8 Å². The average molecular weight is 475 g/mol. The maximum atomic E-state index is 12.7. The summed E-state index contributed by atoms with van der Waals surface area (Å²) in [6.45, 7) is 3.55. The smallest absolute Gasteiger partial charge is 0.294 e. The van der Waals surface area contributed by atoms with Gasteiger partial charge in [-0.2, -0.15) is 0 Å². The predicted octanol–water partition coefficient (Wildman–Crippen LogP) is 5.20. The standard InChI is InChI=1S/C23H23ClN2O5S/c1-4-14(2)31-21-17(24)10-15(11-18(21)30-3)12-19-22(28)26(23(29)32-19)13-20(27)25-16-8-6-5-7-9-16/h5-12,14H,4,13H2,1-3H3,(H,25,27)/b19-12-/t14-/m1/s1. The second-order valence-corrected chi connectivity index (χ2v) is 8.45. The third-order valence-corrected chi connectivity index (χ3v) is 5.86. The summed E-state index contributed by atoms with van der Waals surface area (Å²) in [6, 6.07) is 12.1. The zero-order chi connectivity index (χ0) is 23.3. The van der Waals surface area contributed by atoms with Crippen LogP contribution in [0, 0.1) is 0 Å². The van der Waals surface area contributed by atoms with Gasteiger partial charge in [-0.05, 0) is 61.0 Å². The van der Waals surface area contributed by atoms with Crippen molar-refractivity contribution >= 4 is 52.2 Å². The second kappa shape index (κ2) is 10.6. The van der Waals surface area contributed by atoms with Crippen molar-refractivity contribution in [2.75, 3.05) is 19.0 Å². The summed E-state index contributed by atoms with van der Waals surface area (Å²) in [5.74, 6) is -0.161. The number of carbonyl (C=O) groups is 3. The van der Waals surface area contributed by atoms with Crippen molar-refractivity contribution in [1.29, 1.82) is 0 Å². The van der Waals surface area contributed by atoms with E-state index in [0.29, 0.717) is 27.8 Å². The Morgan fingerprint density at radius 2 is 1.97 bits per heavy atom. The topological polar surface area (TPSA) is 84.9 Å². The number of hydrogen-bond donors (Lipinski definition) is 1. The van der Waals surface area contributed by atoms with Gasteiger partial charge in [0.15, 0.2) is 11.5 Å². The molecule has 168 valence electrons. The summed E-state index contributed by atoms with van der Waals surface area (Å²) in [4.78, 5) is 38.5. The Morgan fingerprint density at radius 3 is 2.62 bits per heavy atom. The van der Waals surface area contributed by atoms with E-state index < -0.39 is 17.1 Å². The molecule has 0 aliphatic carbocycles. The molecule has 3 rings (SSSR count). The lowest BCUT2D eigenvalue weighted by molar-refractivity contribution is -0.127. The Bertz CT molecular complexity index is 1060. The zero-order valence-corrected chi connectivity index (χ0v) is 19.5. The molecule has 1 atom stereocenters. The third kappa shape index (κ3) is 5.63. The van der Waals surface area contributed by atoms with Crippen molar-refractivity contribution in [2.45, 2.75) is 26.4 Å². The van der Waals surface area contributed by atoms with E-state index in [2.05, 4.69) is 5.32 Å². The summed E-state index contributed by atoms with van der Waals surface area (Å²) in [6.07, 6.45) is 2.29. The first-order chi connectivity index (χ1) is 15.3. The van der Waals surface area contributed by atoms with Crippen molar-refractivity contribution in [3.05, 3.63) is 58.0 Å². The number of anilines is 1. The van der Waals surface area contributed by atoms with Crippen LogP contribution in [0.15, 0.2) is 47.4 Å². The number of carbonyl (C=O) groups excluding carboxylic acids is 3. The molecule has 2 aromatic carbocycles. The molecule has 9 heteroatoms. The molecule has 0 saturated carbocycles. The third-order valence-electron chi connectivity index (χ3n) is 4.68. The van der Waals surface area contributed by atoms with Crippen molar-refractivity contribution in [3.63, 3.8) is 0 Å². The van der Waals surface area contributed by atoms with E-state index in [9.17, 15) is 14.4 Å². The highest BCUT2D eigenvalue weighted by atomic mass is 35.5. The summed E-state index contributed by atoms with van der Waals surface area (Å²) in [5.41, 5.74) is 1.16. The largest absolute Gasteiger partial charge is 0.493 e. The Labute approximate surface area is 195 Å². The summed E-state index contributed by atoms with van der Waals surface area (Å²) in [7, 11) is 1.50. The van der Waals surface area contributed by atoms with Gasteiger partial charge in [-0.25, -0.2) is 0 Å². The minimum atomic E-state index is -0.543. The number of methoxy groups -OCH3 is 1. The first-order valence-electron chi connectivity index (χ1n) is 9.96. The van der Waals surface area contributed by atoms with Crippen LogP contribution in [-0.4, -0.2) is 41.7 Å². The molecule has 0 spiro atoms. The van der Waals surface area contributed by atoms with Crippen molar-refractivity contribution in [3.8, 4) is 11.5 Å². The van der Waals surface area contributed by atoms with Crippen LogP contribution in [0.25, 0.3) is 6.08 Å². The molecular formula is C23H23ClN2O5S. The van der Waals surface area contributed by atoms with E-state index in [4.69, 9.17) is 21.1 Å². The summed E-state index contributed by atoms with van der Waals surface area (Å²) >= 11 is 7.15. The van der Waals surface area contributed by atoms with Crippen molar-refractivity contribution in [2.24, 2.45) is 0 Å². The number of nitrogens with zero attached hydrogens (tertiary/aromatic N) is 1. The fourth-order valence-corrected chi connectivity index (χ4v) is 3.98. The molecule has 1 aliphatic heterocycles. The maximum absolute atomic E-state index is 12.7. The van der Waals surface area contributed by atoms with Gasteiger partial charge in [0, 0.05) is 5.69 Å². The molecule has 32 heavy (non-hydrogen) atoms. The summed E-state index contributed by atoms with van der Waals surface area (Å²) < 4.78 is 11.2. The Balaban J connectivity index is 1.76. The molecule has 0 aromatic heterocycles. The molecule has 1 heterocycles. The zero-order valence-electron chi connectivity index (χ0n) is 17.9. The fraction of sp³-hybridized carbons (Fsp3) is 0.261. The minimum Gasteiger partial charge on any atom is -0.493 e. The van der Waals surface area contributed by atoms with Gasteiger partial charge in [-0.3, -0.25) is 19.3 Å². The highest BCUT2D eigenvalue weighted by Gasteiger charge is 2.36. The van der Waals surface area contributed by atoms with Crippen LogP contribution in [0.4, 0.5) is 10.5 Å². The molecule has 0 bridgehead atoms. The molecule has 0 radical (unpaired) electrons. The Hall–Kier alpha value is -2.97. The quantitative estimate of drug-likeness (QED) is 0.529. The van der Waals surface area contributed by atoms with Crippen LogP contribution in [0.1, 0.15) is 25.8 Å². The number of para-hydroxylation sites is 1. The number of ether oxygens (including phenoxy) is 2. The molecule has 7 nitrogen and oxygen atoms in total. The van der Waals surface area contributed by atoms with Gasteiger partial charge in [0.25, 0.3) is 11.1 Å². The first-order valence-corrected chi connectivity index (χ1v) is 11.2. The van der Waals surface area contributed by atoms with E-state index >= 15 is 0 Å². The fourth-order valence-electron chi connectivity index (χ4n) is 2.88. The minimum absolute atomic E-state index is 0.0502. The highest BCUT2D eigenvalue weighted by molar-refractivity contribution is 8.18. The number of hydrogen-bond acceptors (Lipinski definition) is 6. The van der Waals surface area contributed by atoms with E-state index in [-0.39, 0.29) is 17.6 Å². The number of halogens is 1. The molecule has 0 unspecified atom stereocenters. The molecule has 2 aromatic rings. The van der Waals surface area contributed by atoms with Gasteiger partial charge in [0.1, 0.15) is 6.54 Å². The van der Waals surface area contributed by atoms with Crippen LogP contribution < -0.4 is 14.8 Å². The van der Waals surface area contributed by atoms with E-state index in [0.717, 1.165) is 23.1 Å². The van der Waals surface area contributed by atoms with E-state index in [1.165, 1.54) is 7.11 Å². The van der Waals surface area contributed by atoms with Gasteiger partial charge >= 0.3 is 0 Å². The second-order valence-electron chi connectivity index (χ2n) is 7.05. The lowest BCUT2D eigenvalue weighted by atomic mass is 10.1. The van der Waals surface area contributed by atoms with Crippen molar-refractivity contribution in [1.82, 2.24) is 4.90 Å². The SMILES string of the molecule is CC[C@@H](C)Oc1c(Cl)cc(/C=C2\SC(=O)N(CC(=O)Nc3ccccc3)C2=O)cc1OC. The molecule has 1 fully saturated rings. The molecule has 1 aliphatic rings. The van der Waals surface area contributed by atoms with Gasteiger partial charge in [-0.1, -0.05) is 36.7 Å². The Morgan fingerprint density at radius 1 is 1.25 bits per heavy atom. The van der Waals surface area contributed by atoms with Crippen LogP contribution >= 0.6 is 23.4 Å². The normalized spacial score (nSPS) is 15.8. The molecular weight excluding hydrogens is 452 g/mol. The molecule has 3 amide bonds. The number of amides is 3. The maximum Gasteiger partial charge on any atom is 0.294 e. The predicted molar refractivity (Wildman–Crippen MR) is 126 cm³/mol. The van der Waals surface area contributed by atoms with E-state index in [1.807, 2.05) is 19.9 Å². The number of rotatable bonds is 8. The van der Waals surface area contributed by atoms with Crippen LogP contribution in [-0.2, 0) is 9.59 Å². The number of imide groups is 1. The molecule has 1 saturated heterocycles. The average Bonchev–Trinajstić information content (AvgIpc) is 3.03. The van der Waals surface area contributed by atoms with Crippen LogP contribution in [0.5, 0.6) is 11.5 Å². The lowest BCUT2D eigenvalue weighted by Gasteiger charge is -2.17. The highest BCUT2D eigenvalue weighted by Crippen LogP contribution is 2.39. The van der Waals surface area contributed by atoms with Crippen LogP contribution in [0.2, 0.25) is 5.02 Å². The van der Waals surface area contributed by atoms with Crippen LogP contribution in [0.3, 0.4) is 0 Å². The summed E-state index contributed by atoms with van der Waals surface area (Å²) in [5, 5.41) is 2.48. The van der Waals surface area contributed by atoms with Crippen molar-refractivity contribution < 1.29 is 23.9 Å². The monoisotopic (exact) mass is 474 g/mol. The number of nitrogens with one attached hydrogen (secondary N) is 1. The van der Waals surface area contributed by atoms with Gasteiger partial charge in [-0.15, -0.1) is 0 Å². The number of thioether (sulfide) groups is 1. The molecule has 1 N–H and O–H groups in total. The lowest BCUT2D eigenvalue weighted by Crippen LogP contribution is -2.36. The Kier molecular flexibility index (Phi) is 7.82. The van der Waals surface area contributed by atoms with Gasteiger partial charge in [0.2, 0.25) is 5.91 Å². The first kappa shape index (κ1) is 23.7. The van der Waals surface area contributed by atoms with E-state index in [1.54, 1.807) is 42.5 Å².